The van der Waals surface area contributed by atoms with E-state index in [0.717, 1.165) is 6.07 Å². The maximum Gasteiger partial charge on any atom is 0.363 e. The van der Waals surface area contributed by atoms with E-state index in [2.05, 4.69) is 0 Å². The number of nitro benzene ring substituents is 2. The molecule has 0 radical (unpaired) electrons. The maximum atomic E-state index is 11.0. The lowest BCUT2D eigenvalue weighted by atomic mass is 10.2. The summed E-state index contributed by atoms with van der Waals surface area (Å²) in [5.41, 5.74) is -1.44. The SMILES string of the molecule is C.CCOc1c(O)cc([N+](=O)[O-])c(OCC)c1[N+](=O)[O-]. The van der Waals surface area contributed by atoms with Gasteiger partial charge in [-0.25, -0.2) is 0 Å². The summed E-state index contributed by atoms with van der Waals surface area (Å²) in [7, 11) is 0. The Morgan fingerprint density at radius 2 is 1.60 bits per heavy atom. The van der Waals surface area contributed by atoms with Gasteiger partial charge in [0.15, 0.2) is 5.75 Å². The topological polar surface area (TPSA) is 125 Å². The number of nitro groups is 2. The maximum absolute atomic E-state index is 11.0. The first-order valence-electron chi connectivity index (χ1n) is 5.38. The smallest absolute Gasteiger partial charge is 0.363 e. The van der Waals surface area contributed by atoms with E-state index < -0.39 is 38.5 Å². The Bertz CT molecular complexity index is 516. The first-order valence-corrected chi connectivity index (χ1v) is 5.38. The summed E-state index contributed by atoms with van der Waals surface area (Å²) >= 11 is 0. The van der Waals surface area contributed by atoms with Crippen molar-refractivity contribution in [3.05, 3.63) is 26.3 Å². The molecule has 0 saturated heterocycles. The third kappa shape index (κ3) is 3.25. The fourth-order valence-corrected chi connectivity index (χ4v) is 1.48. The number of phenolic OH excluding ortho intramolecular Hbond substituents is 1. The quantitative estimate of drug-likeness (QED) is 0.629. The van der Waals surface area contributed by atoms with Gasteiger partial charge in [0.1, 0.15) is 0 Å². The Labute approximate surface area is 115 Å². The summed E-state index contributed by atoms with van der Waals surface area (Å²) < 4.78 is 9.91. The second-order valence-electron chi connectivity index (χ2n) is 3.30. The van der Waals surface area contributed by atoms with E-state index >= 15 is 0 Å². The van der Waals surface area contributed by atoms with E-state index in [-0.39, 0.29) is 20.6 Å². The molecule has 0 aliphatic heterocycles. The second kappa shape index (κ2) is 7.12. The summed E-state index contributed by atoms with van der Waals surface area (Å²) in [6, 6.07) is 0.767. The van der Waals surface area contributed by atoms with Crippen LogP contribution in [-0.4, -0.2) is 28.2 Å². The Hall–Kier alpha value is -2.58. The minimum absolute atomic E-state index is 0. The van der Waals surface area contributed by atoms with Gasteiger partial charge in [-0.3, -0.25) is 20.2 Å². The van der Waals surface area contributed by atoms with Gasteiger partial charge < -0.3 is 14.6 Å². The molecule has 0 heterocycles. The van der Waals surface area contributed by atoms with Gasteiger partial charge in [-0.15, -0.1) is 0 Å². The minimum Gasteiger partial charge on any atom is -0.504 e. The molecular weight excluding hydrogens is 272 g/mol. The number of phenols is 1. The highest BCUT2D eigenvalue weighted by molar-refractivity contribution is 5.72. The summed E-state index contributed by atoms with van der Waals surface area (Å²) in [5, 5.41) is 31.5. The highest BCUT2D eigenvalue weighted by Crippen LogP contribution is 2.49. The molecule has 0 aliphatic rings. The normalized spacial score (nSPS) is 9.50. The number of benzene rings is 1. The van der Waals surface area contributed by atoms with E-state index in [0.29, 0.717) is 0 Å². The zero-order chi connectivity index (χ0) is 14.6. The third-order valence-corrected chi connectivity index (χ3v) is 2.13. The standard InChI is InChI=1S/C10H12N2O7.CH4/c1-3-18-9-6(11(14)15)5-7(13)10(19-4-2)8(9)12(16)17;/h5,13H,3-4H2,1-2H3;1H4. The van der Waals surface area contributed by atoms with E-state index in [1.807, 2.05) is 0 Å². The van der Waals surface area contributed by atoms with Gasteiger partial charge >= 0.3 is 11.4 Å². The van der Waals surface area contributed by atoms with Gasteiger partial charge in [-0.05, 0) is 13.8 Å². The van der Waals surface area contributed by atoms with Crippen LogP contribution in [0, 0.1) is 20.2 Å². The molecule has 1 aromatic carbocycles. The van der Waals surface area contributed by atoms with Crippen molar-refractivity contribution in [3.8, 4) is 17.2 Å². The molecule has 0 aliphatic carbocycles. The Kier molecular flexibility index (Phi) is 6.20. The zero-order valence-corrected chi connectivity index (χ0v) is 10.3. The third-order valence-electron chi connectivity index (χ3n) is 2.13. The molecule has 1 aromatic rings. The van der Waals surface area contributed by atoms with Crippen LogP contribution in [0.3, 0.4) is 0 Å². The van der Waals surface area contributed by atoms with E-state index in [1.165, 1.54) is 6.92 Å². The largest absolute Gasteiger partial charge is 0.504 e. The van der Waals surface area contributed by atoms with Crippen LogP contribution in [-0.2, 0) is 0 Å². The van der Waals surface area contributed by atoms with Crippen LogP contribution in [0.1, 0.15) is 21.3 Å². The van der Waals surface area contributed by atoms with Crippen molar-refractivity contribution in [1.29, 1.82) is 0 Å². The summed E-state index contributed by atoms with van der Waals surface area (Å²) in [4.78, 5) is 20.1. The summed E-state index contributed by atoms with van der Waals surface area (Å²) in [6.45, 7) is 3.14. The van der Waals surface area contributed by atoms with Gasteiger partial charge in [0.2, 0.25) is 5.75 Å². The molecule has 1 N–H and O–H groups in total. The van der Waals surface area contributed by atoms with Crippen molar-refractivity contribution >= 4 is 11.4 Å². The molecule has 112 valence electrons. The van der Waals surface area contributed by atoms with Crippen LogP contribution in [0.4, 0.5) is 11.4 Å². The molecule has 9 heteroatoms. The number of rotatable bonds is 6. The molecule has 1 rings (SSSR count). The minimum atomic E-state index is -0.886. The number of nitrogens with zero attached hydrogens (tertiary/aromatic N) is 2. The molecule has 0 atom stereocenters. The molecule has 20 heavy (non-hydrogen) atoms. The molecule has 0 spiro atoms. The van der Waals surface area contributed by atoms with Crippen LogP contribution >= 0.6 is 0 Å². The fraction of sp³-hybridized carbons (Fsp3) is 0.455. The summed E-state index contributed by atoms with van der Waals surface area (Å²) in [6.07, 6.45) is 0. The summed E-state index contributed by atoms with van der Waals surface area (Å²) in [5.74, 6) is -1.65. The molecule has 9 nitrogen and oxygen atoms in total. The molecule has 0 saturated carbocycles. The van der Waals surface area contributed by atoms with Crippen molar-refractivity contribution in [2.24, 2.45) is 0 Å². The van der Waals surface area contributed by atoms with Gasteiger partial charge in [0.05, 0.1) is 29.1 Å². The molecular formula is C11H16N2O7. The van der Waals surface area contributed by atoms with Crippen molar-refractivity contribution in [1.82, 2.24) is 0 Å². The Morgan fingerprint density at radius 1 is 1.10 bits per heavy atom. The lowest BCUT2D eigenvalue weighted by Gasteiger charge is -2.10. The second-order valence-corrected chi connectivity index (χ2v) is 3.30. The lowest BCUT2D eigenvalue weighted by Crippen LogP contribution is -2.05. The van der Waals surface area contributed by atoms with Crippen LogP contribution in [0.5, 0.6) is 17.2 Å². The molecule has 0 bridgehead atoms. The lowest BCUT2D eigenvalue weighted by molar-refractivity contribution is -0.396. The monoisotopic (exact) mass is 288 g/mol. The number of hydrogen-bond donors (Lipinski definition) is 1. The first-order chi connectivity index (χ1) is 8.93. The fourth-order valence-electron chi connectivity index (χ4n) is 1.48. The van der Waals surface area contributed by atoms with Crippen molar-refractivity contribution in [2.75, 3.05) is 13.2 Å². The van der Waals surface area contributed by atoms with E-state index in [1.54, 1.807) is 6.92 Å². The molecule has 0 fully saturated rings. The number of aromatic hydroxyl groups is 1. The Morgan fingerprint density at radius 3 is 2.00 bits per heavy atom. The highest BCUT2D eigenvalue weighted by atomic mass is 16.6. The van der Waals surface area contributed by atoms with Crippen LogP contribution < -0.4 is 9.47 Å². The average Bonchev–Trinajstić information content (AvgIpc) is 2.32. The molecule has 0 amide bonds. The van der Waals surface area contributed by atoms with Crippen LogP contribution in [0.15, 0.2) is 6.07 Å². The number of ether oxygens (including phenoxy) is 2. The van der Waals surface area contributed by atoms with Gasteiger partial charge in [0.25, 0.3) is 5.75 Å². The van der Waals surface area contributed by atoms with Crippen molar-refractivity contribution < 1.29 is 24.4 Å². The predicted molar refractivity (Wildman–Crippen MR) is 70.5 cm³/mol. The molecule has 0 unspecified atom stereocenters. The van der Waals surface area contributed by atoms with Crippen molar-refractivity contribution in [3.63, 3.8) is 0 Å². The highest BCUT2D eigenvalue weighted by Gasteiger charge is 2.35. The molecule has 0 aromatic heterocycles. The van der Waals surface area contributed by atoms with Gasteiger partial charge in [0, 0.05) is 0 Å². The van der Waals surface area contributed by atoms with Crippen LogP contribution in [0.25, 0.3) is 0 Å². The predicted octanol–water partition coefficient (Wildman–Crippen LogP) is 2.64. The van der Waals surface area contributed by atoms with E-state index in [4.69, 9.17) is 9.47 Å². The Balaban J connectivity index is 0.00000361. The van der Waals surface area contributed by atoms with E-state index in [9.17, 15) is 25.3 Å². The van der Waals surface area contributed by atoms with Crippen LogP contribution in [0.2, 0.25) is 0 Å². The van der Waals surface area contributed by atoms with Gasteiger partial charge in [-0.1, -0.05) is 7.43 Å². The zero-order valence-electron chi connectivity index (χ0n) is 10.3. The van der Waals surface area contributed by atoms with Crippen molar-refractivity contribution in [2.45, 2.75) is 21.3 Å². The number of hydrogen-bond acceptors (Lipinski definition) is 7. The van der Waals surface area contributed by atoms with Gasteiger partial charge in [-0.2, -0.15) is 0 Å². The first kappa shape index (κ1) is 17.4. The average molecular weight is 288 g/mol.